The molecular formula is C30H28N2O4. The van der Waals surface area contributed by atoms with Crippen LogP contribution in [0.1, 0.15) is 34.3 Å². The summed E-state index contributed by atoms with van der Waals surface area (Å²) in [5.74, 6) is -0.843. The second kappa shape index (κ2) is 13.0. The molecule has 0 bridgehead atoms. The van der Waals surface area contributed by atoms with Gasteiger partial charge in [0.1, 0.15) is 0 Å². The van der Waals surface area contributed by atoms with Gasteiger partial charge in [0.2, 0.25) is 0 Å². The van der Waals surface area contributed by atoms with E-state index in [2.05, 4.69) is 11.0 Å². The molecule has 36 heavy (non-hydrogen) atoms. The van der Waals surface area contributed by atoms with Gasteiger partial charge in [-0.1, -0.05) is 121 Å². The zero-order valence-corrected chi connectivity index (χ0v) is 19.7. The molecule has 2 N–H and O–H groups in total. The molecule has 182 valence electrons. The van der Waals surface area contributed by atoms with Crippen LogP contribution in [0.5, 0.6) is 0 Å². The van der Waals surface area contributed by atoms with E-state index in [0.717, 1.165) is 22.3 Å². The van der Waals surface area contributed by atoms with Gasteiger partial charge in [-0.25, -0.2) is 0 Å². The van der Waals surface area contributed by atoms with E-state index in [0.29, 0.717) is 0 Å². The van der Waals surface area contributed by atoms with Crippen molar-refractivity contribution in [2.75, 3.05) is 0 Å². The average Bonchev–Trinajstić information content (AvgIpc) is 2.92. The Hall–Kier alpha value is -4.26. The minimum Gasteiger partial charge on any atom is -0.370 e. The second-order valence-corrected chi connectivity index (χ2v) is 8.29. The van der Waals surface area contributed by atoms with Gasteiger partial charge in [-0.15, -0.1) is 11.0 Å². The molecule has 0 heterocycles. The van der Waals surface area contributed by atoms with E-state index in [9.17, 15) is 9.59 Å². The van der Waals surface area contributed by atoms with E-state index in [4.69, 9.17) is 9.68 Å². The molecule has 6 nitrogen and oxygen atoms in total. The molecule has 0 spiro atoms. The second-order valence-electron chi connectivity index (χ2n) is 8.29. The highest BCUT2D eigenvalue weighted by atomic mass is 16.7. The average molecular weight is 481 g/mol. The van der Waals surface area contributed by atoms with Crippen LogP contribution in [0.15, 0.2) is 121 Å². The summed E-state index contributed by atoms with van der Waals surface area (Å²) in [6, 6.07) is 36.8. The number of carbonyl (C=O) groups is 2. The first-order valence-corrected chi connectivity index (χ1v) is 11.8. The first-order valence-electron chi connectivity index (χ1n) is 11.8. The summed E-state index contributed by atoms with van der Waals surface area (Å²) in [5.41, 5.74) is 9.26. The van der Waals surface area contributed by atoms with Crippen LogP contribution in [-0.4, -0.2) is 11.9 Å². The minimum atomic E-state index is -0.544. The molecule has 2 atom stereocenters. The Balaban J connectivity index is 1.51. The summed E-state index contributed by atoms with van der Waals surface area (Å²) in [6.45, 7) is 0. The lowest BCUT2D eigenvalue weighted by molar-refractivity contribution is -0.159. The number of hydroxylamine groups is 2. The van der Waals surface area contributed by atoms with Crippen molar-refractivity contribution in [3.05, 3.63) is 144 Å². The molecule has 0 saturated heterocycles. The molecule has 0 aliphatic carbocycles. The lowest BCUT2D eigenvalue weighted by Gasteiger charge is -2.28. The van der Waals surface area contributed by atoms with E-state index in [1.165, 1.54) is 0 Å². The zero-order valence-electron chi connectivity index (χ0n) is 19.7. The molecule has 0 aliphatic rings. The van der Waals surface area contributed by atoms with Crippen molar-refractivity contribution in [3.63, 3.8) is 0 Å². The highest BCUT2D eigenvalue weighted by Crippen LogP contribution is 2.29. The molecular weight excluding hydrogens is 452 g/mol. The number of nitrogens with one attached hydrogen (secondary N) is 2. The van der Waals surface area contributed by atoms with Gasteiger partial charge in [-0.05, 0) is 22.3 Å². The molecule has 0 aliphatic heterocycles. The van der Waals surface area contributed by atoms with Crippen molar-refractivity contribution in [1.82, 2.24) is 11.0 Å². The SMILES string of the molecule is O=C(Cc1ccccc1)ON[C@@H](c1ccccc1)[C@@H](NOC(=O)Cc1ccccc1)c1ccccc1. The number of rotatable bonds is 11. The fraction of sp³-hybridized carbons (Fsp3) is 0.133. The largest absolute Gasteiger partial charge is 0.370 e. The van der Waals surface area contributed by atoms with Crippen LogP contribution in [0, 0.1) is 0 Å². The highest BCUT2D eigenvalue weighted by molar-refractivity contribution is 5.72. The predicted octanol–water partition coefficient (Wildman–Crippen LogP) is 5.05. The maximum Gasteiger partial charge on any atom is 0.329 e. The molecule has 0 saturated carbocycles. The van der Waals surface area contributed by atoms with Crippen LogP contribution in [0.4, 0.5) is 0 Å². The summed E-state index contributed by atoms with van der Waals surface area (Å²) in [6.07, 6.45) is 0.260. The fourth-order valence-electron chi connectivity index (χ4n) is 3.83. The number of hydrogen-bond acceptors (Lipinski definition) is 6. The van der Waals surface area contributed by atoms with Gasteiger partial charge in [-0.2, -0.15) is 0 Å². The van der Waals surface area contributed by atoms with E-state index >= 15 is 0 Å². The molecule has 0 amide bonds. The normalized spacial score (nSPS) is 12.3. The van der Waals surface area contributed by atoms with Gasteiger partial charge < -0.3 is 9.68 Å². The third-order valence-electron chi connectivity index (χ3n) is 5.63. The monoisotopic (exact) mass is 480 g/mol. The van der Waals surface area contributed by atoms with Crippen molar-refractivity contribution in [2.24, 2.45) is 0 Å². The van der Waals surface area contributed by atoms with Gasteiger partial charge in [0, 0.05) is 0 Å². The Morgan fingerprint density at radius 3 is 1.14 bits per heavy atom. The van der Waals surface area contributed by atoms with Crippen LogP contribution >= 0.6 is 0 Å². The third-order valence-corrected chi connectivity index (χ3v) is 5.63. The van der Waals surface area contributed by atoms with Crippen molar-refractivity contribution < 1.29 is 19.3 Å². The molecule has 0 unspecified atom stereocenters. The lowest BCUT2D eigenvalue weighted by atomic mass is 9.94. The Labute approximate surface area is 210 Å². The van der Waals surface area contributed by atoms with Gasteiger partial charge >= 0.3 is 11.9 Å². The summed E-state index contributed by atoms with van der Waals surface area (Å²) in [7, 11) is 0. The first kappa shape index (κ1) is 24.9. The van der Waals surface area contributed by atoms with Gasteiger partial charge in [0.15, 0.2) is 0 Å². The molecule has 0 aromatic heterocycles. The lowest BCUT2D eigenvalue weighted by Crippen LogP contribution is -2.38. The Bertz CT molecular complexity index is 1120. The molecule has 4 aromatic rings. The van der Waals surface area contributed by atoms with Crippen LogP contribution < -0.4 is 11.0 Å². The van der Waals surface area contributed by atoms with E-state index in [-0.39, 0.29) is 12.8 Å². The maximum absolute atomic E-state index is 12.6. The van der Waals surface area contributed by atoms with E-state index in [1.54, 1.807) is 0 Å². The quantitative estimate of drug-likeness (QED) is 0.293. The molecule has 0 fully saturated rings. The van der Waals surface area contributed by atoms with Crippen LogP contribution in [0.3, 0.4) is 0 Å². The van der Waals surface area contributed by atoms with Crippen molar-refractivity contribution in [3.8, 4) is 0 Å². The summed E-state index contributed by atoms with van der Waals surface area (Å²) < 4.78 is 0. The van der Waals surface area contributed by atoms with E-state index in [1.807, 2.05) is 121 Å². The Morgan fingerprint density at radius 2 is 0.806 bits per heavy atom. The van der Waals surface area contributed by atoms with Gasteiger partial charge in [0.05, 0.1) is 24.9 Å². The topological polar surface area (TPSA) is 76.7 Å². The summed E-state index contributed by atoms with van der Waals surface area (Å²) in [5, 5.41) is 0. The number of benzene rings is 4. The van der Waals surface area contributed by atoms with Crippen LogP contribution in [0.2, 0.25) is 0 Å². The Kier molecular flexibility index (Phi) is 8.97. The third kappa shape index (κ3) is 7.37. The Morgan fingerprint density at radius 1 is 0.500 bits per heavy atom. The number of carbonyl (C=O) groups excluding carboxylic acids is 2. The highest BCUT2D eigenvalue weighted by Gasteiger charge is 2.28. The summed E-state index contributed by atoms with van der Waals surface area (Å²) >= 11 is 0. The fourth-order valence-corrected chi connectivity index (χ4v) is 3.83. The van der Waals surface area contributed by atoms with Gasteiger partial charge in [-0.3, -0.25) is 9.59 Å². The molecule has 6 heteroatoms. The summed E-state index contributed by atoms with van der Waals surface area (Å²) in [4.78, 5) is 36.2. The van der Waals surface area contributed by atoms with Gasteiger partial charge in [0.25, 0.3) is 0 Å². The molecule has 4 rings (SSSR count). The van der Waals surface area contributed by atoms with Crippen molar-refractivity contribution in [1.29, 1.82) is 0 Å². The minimum absolute atomic E-state index is 0.130. The van der Waals surface area contributed by atoms with Crippen LogP contribution in [-0.2, 0) is 32.1 Å². The first-order chi connectivity index (χ1) is 17.7. The van der Waals surface area contributed by atoms with Crippen molar-refractivity contribution in [2.45, 2.75) is 24.9 Å². The molecule has 0 radical (unpaired) electrons. The zero-order chi connectivity index (χ0) is 25.0. The molecule has 4 aromatic carbocycles. The predicted molar refractivity (Wildman–Crippen MR) is 137 cm³/mol. The smallest absolute Gasteiger partial charge is 0.329 e. The number of hydrogen-bond donors (Lipinski definition) is 2. The van der Waals surface area contributed by atoms with E-state index < -0.39 is 24.0 Å². The standard InChI is InChI=1S/C30H28N2O4/c33-27(21-23-13-5-1-6-14-23)35-31-29(25-17-9-3-10-18-25)30(26-19-11-4-12-20-26)32-36-28(34)22-24-15-7-2-8-16-24/h1-20,29-32H,21-22H2/t29-,30-/m0/s1. The maximum atomic E-state index is 12.6. The van der Waals surface area contributed by atoms with Crippen molar-refractivity contribution >= 4 is 11.9 Å². The van der Waals surface area contributed by atoms with Crippen LogP contribution in [0.25, 0.3) is 0 Å².